The molecule has 9 heteroatoms. The zero-order chi connectivity index (χ0) is 22.7. The van der Waals surface area contributed by atoms with Crippen molar-refractivity contribution in [2.45, 2.75) is 30.4 Å². The van der Waals surface area contributed by atoms with Crippen LogP contribution in [0.4, 0.5) is 0 Å². The molecule has 2 unspecified atom stereocenters. The number of rotatable bonds is 6. The molecule has 0 saturated carbocycles. The summed E-state index contributed by atoms with van der Waals surface area (Å²) in [6, 6.07) is 16.8. The van der Waals surface area contributed by atoms with Gasteiger partial charge in [0.05, 0.1) is 35.7 Å². The van der Waals surface area contributed by atoms with Crippen LogP contribution in [0.25, 0.3) is 11.3 Å². The van der Waals surface area contributed by atoms with Gasteiger partial charge in [-0.2, -0.15) is 4.31 Å². The summed E-state index contributed by atoms with van der Waals surface area (Å²) in [7, 11) is -3.73. The highest BCUT2D eigenvalue weighted by Crippen LogP contribution is 2.33. The average Bonchev–Trinajstić information content (AvgIpc) is 3.25. The van der Waals surface area contributed by atoms with Crippen LogP contribution in [0.15, 0.2) is 71.9 Å². The third kappa shape index (κ3) is 4.19. The van der Waals surface area contributed by atoms with Crippen LogP contribution in [0.5, 0.6) is 0 Å². The molecule has 0 aliphatic carbocycles. The topological polar surface area (TPSA) is 102 Å². The Labute approximate surface area is 187 Å². The van der Waals surface area contributed by atoms with E-state index >= 15 is 0 Å². The molecule has 3 aromatic rings. The molecule has 168 valence electrons. The minimum atomic E-state index is -3.73. The van der Waals surface area contributed by atoms with E-state index in [9.17, 15) is 18.3 Å². The fraction of sp³-hybridized carbons (Fsp3) is 0.304. The Morgan fingerprint density at radius 1 is 1.12 bits per heavy atom. The summed E-state index contributed by atoms with van der Waals surface area (Å²) in [5.74, 6) is -0.566. The zero-order valence-electron chi connectivity index (χ0n) is 17.7. The van der Waals surface area contributed by atoms with Crippen LogP contribution in [0.1, 0.15) is 29.9 Å². The van der Waals surface area contributed by atoms with E-state index in [1.165, 1.54) is 10.6 Å². The van der Waals surface area contributed by atoms with Crippen molar-refractivity contribution in [3.63, 3.8) is 0 Å². The number of aromatic nitrogens is 2. The lowest BCUT2D eigenvalue weighted by molar-refractivity contribution is 0.0516. The molecule has 1 saturated heterocycles. The number of sulfonamides is 1. The highest BCUT2D eigenvalue weighted by molar-refractivity contribution is 7.89. The van der Waals surface area contributed by atoms with Crippen molar-refractivity contribution in [3.8, 4) is 11.3 Å². The lowest BCUT2D eigenvalue weighted by Gasteiger charge is -2.36. The first-order chi connectivity index (χ1) is 15.4. The number of aliphatic hydroxyl groups excluding tert-OH is 1. The van der Waals surface area contributed by atoms with E-state index in [0.717, 1.165) is 5.56 Å². The largest absolute Gasteiger partial charge is 0.461 e. The molecule has 2 heterocycles. The van der Waals surface area contributed by atoms with Gasteiger partial charge in [0.1, 0.15) is 0 Å². The third-order valence-corrected chi connectivity index (χ3v) is 7.44. The first-order valence-electron chi connectivity index (χ1n) is 10.5. The van der Waals surface area contributed by atoms with Crippen molar-refractivity contribution in [2.24, 2.45) is 0 Å². The van der Waals surface area contributed by atoms with E-state index in [1.807, 2.05) is 30.3 Å². The molecule has 0 amide bonds. The quantitative estimate of drug-likeness (QED) is 0.574. The van der Waals surface area contributed by atoms with Gasteiger partial charge >= 0.3 is 5.97 Å². The molecule has 2 atom stereocenters. The van der Waals surface area contributed by atoms with Crippen molar-refractivity contribution in [2.75, 3.05) is 19.7 Å². The summed E-state index contributed by atoms with van der Waals surface area (Å²) in [4.78, 5) is 17.0. The van der Waals surface area contributed by atoms with Crippen LogP contribution in [0.2, 0.25) is 0 Å². The second-order valence-corrected chi connectivity index (χ2v) is 9.47. The number of piperidine rings is 1. The summed E-state index contributed by atoms with van der Waals surface area (Å²) < 4.78 is 34.6. The smallest absolute Gasteiger partial charge is 0.359 e. The molecule has 1 aliphatic heterocycles. The Morgan fingerprint density at radius 2 is 1.78 bits per heavy atom. The molecule has 1 N–H and O–H groups in total. The van der Waals surface area contributed by atoms with Gasteiger partial charge in [-0.05, 0) is 25.5 Å². The molecule has 2 aromatic carbocycles. The number of esters is 1. The van der Waals surface area contributed by atoms with E-state index in [0.29, 0.717) is 5.69 Å². The molecule has 4 rings (SSSR count). The number of benzene rings is 2. The first-order valence-corrected chi connectivity index (χ1v) is 11.9. The summed E-state index contributed by atoms with van der Waals surface area (Å²) in [5, 5.41) is 10.8. The van der Waals surface area contributed by atoms with Gasteiger partial charge in [0.15, 0.2) is 5.69 Å². The van der Waals surface area contributed by atoms with Crippen LogP contribution in [0.3, 0.4) is 0 Å². The van der Waals surface area contributed by atoms with Gasteiger partial charge in [-0.3, -0.25) is 0 Å². The number of nitrogens with zero attached hydrogens (tertiary/aromatic N) is 3. The summed E-state index contributed by atoms with van der Waals surface area (Å²) in [5.41, 5.74) is 1.35. The lowest BCUT2D eigenvalue weighted by Crippen LogP contribution is -2.46. The molecule has 0 radical (unpaired) electrons. The number of imidazole rings is 1. The van der Waals surface area contributed by atoms with E-state index in [2.05, 4.69) is 4.98 Å². The molecule has 0 spiro atoms. The molecule has 8 nitrogen and oxygen atoms in total. The van der Waals surface area contributed by atoms with Gasteiger partial charge in [-0.15, -0.1) is 0 Å². The number of hydrogen-bond acceptors (Lipinski definition) is 6. The molecule has 1 aromatic heterocycles. The van der Waals surface area contributed by atoms with E-state index in [-0.39, 0.29) is 36.7 Å². The fourth-order valence-corrected chi connectivity index (χ4v) is 5.46. The van der Waals surface area contributed by atoms with Crippen LogP contribution < -0.4 is 0 Å². The standard InChI is InChI=1S/C23H25N3O5S/c1-2-31-23(28)21-22(17-9-5-3-6-10-17)26(16-24-21)19-15-25(14-13-20(19)27)32(29,30)18-11-7-4-8-12-18/h3-12,16,19-20,27H,2,13-15H2,1H3. The molecular formula is C23H25N3O5S. The van der Waals surface area contributed by atoms with Crippen LogP contribution >= 0.6 is 0 Å². The maximum Gasteiger partial charge on any atom is 0.359 e. The van der Waals surface area contributed by atoms with Crippen molar-refractivity contribution in [1.82, 2.24) is 13.9 Å². The van der Waals surface area contributed by atoms with Gasteiger partial charge in [0.2, 0.25) is 10.0 Å². The van der Waals surface area contributed by atoms with Crippen LogP contribution in [0, 0.1) is 0 Å². The van der Waals surface area contributed by atoms with Crippen molar-refractivity contribution in [1.29, 1.82) is 0 Å². The lowest BCUT2D eigenvalue weighted by atomic mass is 10.0. The highest BCUT2D eigenvalue weighted by Gasteiger charge is 2.37. The second kappa shape index (κ2) is 9.23. The van der Waals surface area contributed by atoms with Gasteiger partial charge in [0.25, 0.3) is 0 Å². The van der Waals surface area contributed by atoms with Crippen LogP contribution in [-0.4, -0.2) is 59.2 Å². The SMILES string of the molecule is CCOC(=O)c1ncn(C2CN(S(=O)(=O)c3ccccc3)CCC2O)c1-c1ccccc1. The van der Waals surface area contributed by atoms with Crippen molar-refractivity contribution < 1.29 is 23.1 Å². The molecule has 1 fully saturated rings. The first kappa shape index (κ1) is 22.2. The maximum atomic E-state index is 13.2. The normalized spacial score (nSPS) is 19.6. The number of aliphatic hydroxyl groups is 1. The van der Waals surface area contributed by atoms with E-state index in [1.54, 1.807) is 41.8 Å². The monoisotopic (exact) mass is 455 g/mol. The summed E-state index contributed by atoms with van der Waals surface area (Å²) in [6.07, 6.45) is 0.933. The van der Waals surface area contributed by atoms with Crippen molar-refractivity contribution >= 4 is 16.0 Å². The molecule has 32 heavy (non-hydrogen) atoms. The minimum Gasteiger partial charge on any atom is -0.461 e. The minimum absolute atomic E-state index is 0.0524. The number of carbonyl (C=O) groups excluding carboxylic acids is 1. The highest BCUT2D eigenvalue weighted by atomic mass is 32.2. The zero-order valence-corrected chi connectivity index (χ0v) is 18.5. The Bertz CT molecular complexity index is 1180. The number of carbonyl (C=O) groups is 1. The van der Waals surface area contributed by atoms with Gasteiger partial charge in [-0.1, -0.05) is 48.5 Å². The molecular weight excluding hydrogens is 430 g/mol. The Hall–Kier alpha value is -3.01. The Balaban J connectivity index is 1.74. The van der Waals surface area contributed by atoms with Gasteiger partial charge in [0, 0.05) is 18.7 Å². The van der Waals surface area contributed by atoms with E-state index in [4.69, 9.17) is 4.74 Å². The third-order valence-electron chi connectivity index (χ3n) is 5.56. The van der Waals surface area contributed by atoms with E-state index < -0.39 is 28.1 Å². The summed E-state index contributed by atoms with van der Waals surface area (Å²) >= 11 is 0. The predicted molar refractivity (Wildman–Crippen MR) is 118 cm³/mol. The molecule has 0 bridgehead atoms. The van der Waals surface area contributed by atoms with Gasteiger partial charge in [-0.25, -0.2) is 18.2 Å². The second-order valence-electron chi connectivity index (χ2n) is 7.54. The number of ether oxygens (including phenoxy) is 1. The fourth-order valence-electron chi connectivity index (χ4n) is 3.97. The number of hydrogen-bond donors (Lipinski definition) is 1. The molecule has 1 aliphatic rings. The Kier molecular flexibility index (Phi) is 6.40. The summed E-state index contributed by atoms with van der Waals surface area (Å²) in [6.45, 7) is 2.18. The maximum absolute atomic E-state index is 13.2. The predicted octanol–water partition coefficient (Wildman–Crippen LogP) is 2.72. The average molecular weight is 456 g/mol. The van der Waals surface area contributed by atoms with Gasteiger partial charge < -0.3 is 14.4 Å². The van der Waals surface area contributed by atoms with Crippen LogP contribution in [-0.2, 0) is 14.8 Å². The van der Waals surface area contributed by atoms with Crippen molar-refractivity contribution in [3.05, 3.63) is 72.7 Å². The Morgan fingerprint density at radius 3 is 2.44 bits per heavy atom.